The number of aryl methyl sites for hydroxylation is 1. The third-order valence-electron chi connectivity index (χ3n) is 2.16. The number of hydrogen-bond donors (Lipinski definition) is 0. The Balaban J connectivity index is 2.86. The lowest BCUT2D eigenvalue weighted by molar-refractivity contribution is 0.0775. The Labute approximate surface area is 95.5 Å². The molecule has 0 unspecified atom stereocenters. The SMILES string of the molecule is CCCN(CC#N)C(=O)c1cncc(C)c1. The lowest BCUT2D eigenvalue weighted by atomic mass is 10.2. The van der Waals surface area contributed by atoms with E-state index in [1.54, 1.807) is 12.3 Å². The zero-order valence-corrected chi connectivity index (χ0v) is 9.60. The molecule has 0 fully saturated rings. The van der Waals surface area contributed by atoms with Gasteiger partial charge < -0.3 is 4.90 Å². The van der Waals surface area contributed by atoms with Gasteiger partial charge in [0.25, 0.3) is 5.91 Å². The number of amides is 1. The molecule has 0 radical (unpaired) electrons. The van der Waals surface area contributed by atoms with Crippen molar-refractivity contribution in [1.82, 2.24) is 9.88 Å². The maximum atomic E-state index is 12.0. The fourth-order valence-corrected chi connectivity index (χ4v) is 1.46. The molecule has 0 aromatic carbocycles. The first-order valence-electron chi connectivity index (χ1n) is 5.27. The van der Waals surface area contributed by atoms with Gasteiger partial charge in [-0.25, -0.2) is 0 Å². The first-order chi connectivity index (χ1) is 7.69. The highest BCUT2D eigenvalue weighted by Gasteiger charge is 2.14. The quantitative estimate of drug-likeness (QED) is 0.722. The summed E-state index contributed by atoms with van der Waals surface area (Å²) in [6, 6.07) is 3.79. The van der Waals surface area contributed by atoms with E-state index in [2.05, 4.69) is 4.98 Å². The van der Waals surface area contributed by atoms with E-state index >= 15 is 0 Å². The number of hydrogen-bond acceptors (Lipinski definition) is 3. The van der Waals surface area contributed by atoms with Gasteiger partial charge in [0.15, 0.2) is 0 Å². The Hall–Kier alpha value is -1.89. The van der Waals surface area contributed by atoms with Crippen molar-refractivity contribution in [3.05, 3.63) is 29.6 Å². The fourth-order valence-electron chi connectivity index (χ4n) is 1.46. The molecule has 4 nitrogen and oxygen atoms in total. The number of pyridine rings is 1. The summed E-state index contributed by atoms with van der Waals surface area (Å²) in [6.45, 7) is 4.59. The summed E-state index contributed by atoms with van der Waals surface area (Å²) in [7, 11) is 0. The minimum Gasteiger partial charge on any atom is -0.325 e. The zero-order chi connectivity index (χ0) is 12.0. The highest BCUT2D eigenvalue weighted by Crippen LogP contribution is 2.06. The topological polar surface area (TPSA) is 57.0 Å². The lowest BCUT2D eigenvalue weighted by Crippen LogP contribution is -2.32. The summed E-state index contributed by atoms with van der Waals surface area (Å²) in [4.78, 5) is 17.5. The van der Waals surface area contributed by atoms with Crippen LogP contribution >= 0.6 is 0 Å². The Kier molecular flexibility index (Phi) is 4.46. The average molecular weight is 217 g/mol. The number of nitrogens with zero attached hydrogens (tertiary/aromatic N) is 3. The molecule has 0 spiro atoms. The van der Waals surface area contributed by atoms with Crippen LogP contribution in [-0.4, -0.2) is 28.9 Å². The van der Waals surface area contributed by atoms with Crippen LogP contribution in [0.3, 0.4) is 0 Å². The van der Waals surface area contributed by atoms with Crippen LogP contribution in [0.25, 0.3) is 0 Å². The molecule has 84 valence electrons. The predicted octanol–water partition coefficient (Wildman–Crippen LogP) is 1.77. The first kappa shape index (κ1) is 12.2. The molecule has 1 aromatic rings. The molecule has 1 amide bonds. The minimum absolute atomic E-state index is 0.125. The van der Waals surface area contributed by atoms with Gasteiger partial charge in [-0.15, -0.1) is 0 Å². The molecule has 0 bridgehead atoms. The van der Waals surface area contributed by atoms with Crippen molar-refractivity contribution in [1.29, 1.82) is 5.26 Å². The van der Waals surface area contributed by atoms with Gasteiger partial charge in [-0.05, 0) is 25.0 Å². The molecule has 0 aliphatic heterocycles. The monoisotopic (exact) mass is 217 g/mol. The molecule has 0 saturated heterocycles. The van der Waals surface area contributed by atoms with E-state index in [4.69, 9.17) is 5.26 Å². The molecular formula is C12H15N3O. The molecule has 4 heteroatoms. The fraction of sp³-hybridized carbons (Fsp3) is 0.417. The van der Waals surface area contributed by atoms with Crippen molar-refractivity contribution in [2.45, 2.75) is 20.3 Å². The van der Waals surface area contributed by atoms with Gasteiger partial charge in [0.2, 0.25) is 0 Å². The van der Waals surface area contributed by atoms with Gasteiger partial charge in [-0.1, -0.05) is 6.92 Å². The second kappa shape index (κ2) is 5.86. The van der Waals surface area contributed by atoms with Crippen LogP contribution in [0.2, 0.25) is 0 Å². The molecule has 0 aliphatic carbocycles. The molecule has 16 heavy (non-hydrogen) atoms. The third-order valence-corrected chi connectivity index (χ3v) is 2.16. The summed E-state index contributed by atoms with van der Waals surface area (Å²) >= 11 is 0. The summed E-state index contributed by atoms with van der Waals surface area (Å²) in [5, 5.41) is 8.65. The maximum absolute atomic E-state index is 12.0. The van der Waals surface area contributed by atoms with E-state index in [9.17, 15) is 4.79 Å². The summed E-state index contributed by atoms with van der Waals surface area (Å²) in [5.41, 5.74) is 1.49. The van der Waals surface area contributed by atoms with E-state index < -0.39 is 0 Å². The number of nitriles is 1. The Morgan fingerprint density at radius 1 is 1.56 bits per heavy atom. The lowest BCUT2D eigenvalue weighted by Gasteiger charge is -2.18. The Bertz CT molecular complexity index is 409. The summed E-state index contributed by atoms with van der Waals surface area (Å²) < 4.78 is 0. The molecule has 0 atom stereocenters. The third kappa shape index (κ3) is 3.06. The largest absolute Gasteiger partial charge is 0.325 e. The van der Waals surface area contributed by atoms with Gasteiger partial charge >= 0.3 is 0 Å². The normalized spacial score (nSPS) is 9.56. The van der Waals surface area contributed by atoms with Crippen LogP contribution in [0.5, 0.6) is 0 Å². The van der Waals surface area contributed by atoms with Gasteiger partial charge in [0, 0.05) is 18.9 Å². The molecular weight excluding hydrogens is 202 g/mol. The zero-order valence-electron chi connectivity index (χ0n) is 9.60. The second-order valence-electron chi connectivity index (χ2n) is 3.64. The standard InChI is InChI=1S/C12H15N3O/c1-3-5-15(6-4-13)12(16)11-7-10(2)8-14-9-11/h7-9H,3,5-6H2,1-2H3. The molecule has 0 aliphatic rings. The van der Waals surface area contributed by atoms with Crippen molar-refractivity contribution < 1.29 is 4.79 Å². The van der Waals surface area contributed by atoms with Crippen molar-refractivity contribution in [3.8, 4) is 6.07 Å². The highest BCUT2D eigenvalue weighted by molar-refractivity contribution is 5.94. The molecule has 1 rings (SSSR count). The van der Waals surface area contributed by atoms with Crippen molar-refractivity contribution in [2.75, 3.05) is 13.1 Å². The van der Waals surface area contributed by atoms with Gasteiger partial charge in [0.05, 0.1) is 11.6 Å². The van der Waals surface area contributed by atoms with Gasteiger partial charge in [-0.2, -0.15) is 5.26 Å². The van der Waals surface area contributed by atoms with Crippen LogP contribution in [-0.2, 0) is 0 Å². The van der Waals surface area contributed by atoms with E-state index in [0.29, 0.717) is 12.1 Å². The predicted molar refractivity (Wildman–Crippen MR) is 60.8 cm³/mol. The number of rotatable bonds is 4. The second-order valence-corrected chi connectivity index (χ2v) is 3.64. The maximum Gasteiger partial charge on any atom is 0.256 e. The van der Waals surface area contributed by atoms with E-state index in [1.807, 2.05) is 19.9 Å². The Morgan fingerprint density at radius 2 is 2.31 bits per heavy atom. The van der Waals surface area contributed by atoms with Crippen LogP contribution < -0.4 is 0 Å². The van der Waals surface area contributed by atoms with E-state index in [0.717, 1.165) is 12.0 Å². The smallest absolute Gasteiger partial charge is 0.256 e. The van der Waals surface area contributed by atoms with Crippen LogP contribution in [0.15, 0.2) is 18.5 Å². The average Bonchev–Trinajstić information content (AvgIpc) is 2.28. The number of aromatic nitrogens is 1. The van der Waals surface area contributed by atoms with E-state index in [-0.39, 0.29) is 12.5 Å². The summed E-state index contributed by atoms with van der Waals surface area (Å²) in [5.74, 6) is -0.125. The van der Waals surface area contributed by atoms with Crippen molar-refractivity contribution in [2.24, 2.45) is 0 Å². The summed E-state index contributed by atoms with van der Waals surface area (Å²) in [6.07, 6.45) is 4.08. The minimum atomic E-state index is -0.125. The molecule has 0 N–H and O–H groups in total. The molecule has 0 saturated carbocycles. The highest BCUT2D eigenvalue weighted by atomic mass is 16.2. The van der Waals surface area contributed by atoms with Gasteiger partial charge in [0.1, 0.15) is 6.54 Å². The van der Waals surface area contributed by atoms with Crippen LogP contribution in [0.4, 0.5) is 0 Å². The van der Waals surface area contributed by atoms with Gasteiger partial charge in [-0.3, -0.25) is 9.78 Å². The van der Waals surface area contributed by atoms with Crippen molar-refractivity contribution >= 4 is 5.91 Å². The number of carbonyl (C=O) groups excluding carboxylic acids is 1. The Morgan fingerprint density at radius 3 is 2.88 bits per heavy atom. The van der Waals surface area contributed by atoms with Crippen LogP contribution in [0, 0.1) is 18.3 Å². The molecule has 1 aromatic heterocycles. The number of carbonyl (C=O) groups is 1. The molecule has 1 heterocycles. The van der Waals surface area contributed by atoms with Crippen molar-refractivity contribution in [3.63, 3.8) is 0 Å². The first-order valence-corrected chi connectivity index (χ1v) is 5.27. The van der Waals surface area contributed by atoms with E-state index in [1.165, 1.54) is 11.1 Å². The van der Waals surface area contributed by atoms with Crippen LogP contribution in [0.1, 0.15) is 29.3 Å².